The summed E-state index contributed by atoms with van der Waals surface area (Å²) in [5.74, 6) is -1.48. The van der Waals surface area contributed by atoms with Gasteiger partial charge in [-0.25, -0.2) is 13.2 Å². The molecule has 0 bridgehead atoms. The van der Waals surface area contributed by atoms with Crippen LogP contribution >= 0.6 is 0 Å². The minimum Gasteiger partial charge on any atom is -0.492 e. The number of H-pyrrole nitrogens is 1. The Bertz CT molecular complexity index is 1230. The largest absolute Gasteiger partial charge is 0.492 e. The standard InChI is InChI=1S/C28H33F4N3O2/c1-28(2,32)16-35-18(15-36)9-21-20-5-3-4-6-24(20)33-26(21)27(35)25-22(30)10-19(11-23(25)31)37-8-7-34-13-17(12-29)14-34/h3-6,10-11,17-18,27,33,36H,7-9,12-16H2,1-2H3/t18-,27+/m1/s1. The molecular formula is C28H33F4N3O2. The van der Waals surface area contributed by atoms with E-state index in [0.717, 1.165) is 28.6 Å². The fourth-order valence-corrected chi connectivity index (χ4v) is 5.69. The summed E-state index contributed by atoms with van der Waals surface area (Å²) in [6.45, 7) is 4.16. The first-order chi connectivity index (χ1) is 17.7. The number of benzene rings is 2. The molecule has 5 rings (SSSR count). The predicted molar refractivity (Wildman–Crippen MR) is 134 cm³/mol. The van der Waals surface area contributed by atoms with Crippen LogP contribution in [0.2, 0.25) is 0 Å². The van der Waals surface area contributed by atoms with Gasteiger partial charge in [-0.1, -0.05) is 18.2 Å². The van der Waals surface area contributed by atoms with Crippen molar-refractivity contribution in [1.82, 2.24) is 14.8 Å². The molecule has 0 amide bonds. The van der Waals surface area contributed by atoms with Crippen molar-refractivity contribution in [2.24, 2.45) is 5.92 Å². The lowest BCUT2D eigenvalue weighted by molar-refractivity contribution is 0.0326. The lowest BCUT2D eigenvalue weighted by atomic mass is 9.86. The molecule has 0 aliphatic carbocycles. The van der Waals surface area contributed by atoms with Crippen LogP contribution in [0.25, 0.3) is 10.9 Å². The molecule has 0 unspecified atom stereocenters. The number of aromatic nitrogens is 1. The lowest BCUT2D eigenvalue weighted by Crippen LogP contribution is -2.51. The minimum absolute atomic E-state index is 0.0548. The van der Waals surface area contributed by atoms with Crippen LogP contribution in [0.4, 0.5) is 17.6 Å². The molecule has 37 heavy (non-hydrogen) atoms. The van der Waals surface area contributed by atoms with Crippen LogP contribution in [-0.4, -0.2) is 77.7 Å². The summed E-state index contributed by atoms with van der Waals surface area (Å²) >= 11 is 0. The predicted octanol–water partition coefficient (Wildman–Crippen LogP) is 4.78. The number of nitrogens with zero attached hydrogens (tertiary/aromatic N) is 2. The number of hydrogen-bond donors (Lipinski definition) is 2. The van der Waals surface area contributed by atoms with Gasteiger partial charge in [0.15, 0.2) is 0 Å². The first kappa shape index (κ1) is 26.0. The Morgan fingerprint density at radius 2 is 1.84 bits per heavy atom. The summed E-state index contributed by atoms with van der Waals surface area (Å²) in [4.78, 5) is 7.00. The highest BCUT2D eigenvalue weighted by molar-refractivity contribution is 5.85. The van der Waals surface area contributed by atoms with Gasteiger partial charge in [-0.15, -0.1) is 0 Å². The zero-order valence-corrected chi connectivity index (χ0v) is 21.1. The van der Waals surface area contributed by atoms with Gasteiger partial charge in [0, 0.05) is 72.4 Å². The Balaban J connectivity index is 1.49. The van der Waals surface area contributed by atoms with Gasteiger partial charge in [0.2, 0.25) is 0 Å². The van der Waals surface area contributed by atoms with Crippen LogP contribution in [0.15, 0.2) is 36.4 Å². The van der Waals surface area contributed by atoms with Crippen LogP contribution in [-0.2, 0) is 6.42 Å². The number of ether oxygens (including phenoxy) is 1. The van der Waals surface area contributed by atoms with Crippen LogP contribution in [0.5, 0.6) is 5.75 Å². The van der Waals surface area contributed by atoms with Gasteiger partial charge in [0.25, 0.3) is 0 Å². The quantitative estimate of drug-likeness (QED) is 0.400. The van der Waals surface area contributed by atoms with E-state index in [-0.39, 0.29) is 43.7 Å². The number of fused-ring (bicyclic) bond motifs is 3. The van der Waals surface area contributed by atoms with Crippen molar-refractivity contribution in [2.45, 2.75) is 38.0 Å². The second-order valence-electron chi connectivity index (χ2n) is 10.8. The van der Waals surface area contributed by atoms with Crippen molar-refractivity contribution in [3.05, 3.63) is 64.9 Å². The topological polar surface area (TPSA) is 51.7 Å². The molecule has 1 aromatic heterocycles. The Hall–Kier alpha value is -2.62. The maximum absolute atomic E-state index is 15.7. The molecule has 0 radical (unpaired) electrons. The number of alkyl halides is 2. The van der Waals surface area contributed by atoms with Crippen LogP contribution in [0.3, 0.4) is 0 Å². The van der Waals surface area contributed by atoms with Gasteiger partial charge in [-0.3, -0.25) is 14.2 Å². The van der Waals surface area contributed by atoms with Crippen molar-refractivity contribution < 1.29 is 27.4 Å². The molecule has 0 saturated carbocycles. The summed E-state index contributed by atoms with van der Waals surface area (Å²) in [5.41, 5.74) is 0.409. The van der Waals surface area contributed by atoms with E-state index in [0.29, 0.717) is 31.7 Å². The van der Waals surface area contributed by atoms with Crippen LogP contribution < -0.4 is 4.74 Å². The lowest BCUT2D eigenvalue weighted by Gasteiger charge is -2.43. The molecule has 5 nitrogen and oxygen atoms in total. The summed E-state index contributed by atoms with van der Waals surface area (Å²) in [6, 6.07) is 8.41. The van der Waals surface area contributed by atoms with Gasteiger partial charge in [0.05, 0.1) is 19.3 Å². The summed E-state index contributed by atoms with van der Waals surface area (Å²) in [6.07, 6.45) is 0.423. The molecule has 1 saturated heterocycles. The number of nitrogens with one attached hydrogen (secondary N) is 1. The number of halogens is 4. The average Bonchev–Trinajstić information content (AvgIpc) is 3.18. The highest BCUT2D eigenvalue weighted by Crippen LogP contribution is 2.43. The Kier molecular flexibility index (Phi) is 7.22. The molecule has 9 heteroatoms. The summed E-state index contributed by atoms with van der Waals surface area (Å²) in [5, 5.41) is 11.2. The third-order valence-corrected chi connectivity index (χ3v) is 7.38. The van der Waals surface area contributed by atoms with Gasteiger partial charge in [0.1, 0.15) is 29.7 Å². The van der Waals surface area contributed by atoms with Gasteiger partial charge >= 0.3 is 0 Å². The van der Waals surface area contributed by atoms with E-state index in [1.54, 1.807) is 4.90 Å². The molecule has 3 heterocycles. The maximum Gasteiger partial charge on any atom is 0.135 e. The van der Waals surface area contributed by atoms with E-state index in [2.05, 4.69) is 4.98 Å². The number of aromatic amines is 1. The highest BCUT2D eigenvalue weighted by atomic mass is 19.1. The number of para-hydroxylation sites is 1. The molecule has 2 aliphatic rings. The van der Waals surface area contributed by atoms with Crippen molar-refractivity contribution in [1.29, 1.82) is 0 Å². The van der Waals surface area contributed by atoms with E-state index < -0.39 is 29.4 Å². The number of hydrogen-bond acceptors (Lipinski definition) is 4. The molecule has 2 atom stereocenters. The van der Waals surface area contributed by atoms with E-state index in [9.17, 15) is 13.9 Å². The molecule has 3 aromatic rings. The monoisotopic (exact) mass is 519 g/mol. The molecule has 2 aromatic carbocycles. The van der Waals surface area contributed by atoms with E-state index >= 15 is 8.78 Å². The first-order valence-electron chi connectivity index (χ1n) is 12.7. The first-order valence-corrected chi connectivity index (χ1v) is 12.7. The number of aliphatic hydroxyl groups excluding tert-OH is 1. The molecule has 2 N–H and O–H groups in total. The van der Waals surface area contributed by atoms with Crippen molar-refractivity contribution in [3.63, 3.8) is 0 Å². The average molecular weight is 520 g/mol. The third kappa shape index (κ3) is 5.22. The van der Waals surface area contributed by atoms with E-state index in [1.165, 1.54) is 13.8 Å². The maximum atomic E-state index is 15.7. The molecular weight excluding hydrogens is 486 g/mol. The zero-order valence-electron chi connectivity index (χ0n) is 21.1. The Morgan fingerprint density at radius 3 is 2.49 bits per heavy atom. The van der Waals surface area contributed by atoms with Crippen molar-refractivity contribution in [3.8, 4) is 5.75 Å². The van der Waals surface area contributed by atoms with Crippen molar-refractivity contribution in [2.75, 3.05) is 46.1 Å². The Morgan fingerprint density at radius 1 is 1.14 bits per heavy atom. The number of rotatable bonds is 9. The normalized spacial score (nSPS) is 21.3. The van der Waals surface area contributed by atoms with Gasteiger partial charge < -0.3 is 14.8 Å². The summed E-state index contributed by atoms with van der Waals surface area (Å²) < 4.78 is 64.5. The molecule has 2 aliphatic heterocycles. The fraction of sp³-hybridized carbons (Fsp3) is 0.500. The second kappa shape index (κ2) is 10.3. The highest BCUT2D eigenvalue weighted by Gasteiger charge is 2.42. The van der Waals surface area contributed by atoms with Crippen LogP contribution in [0, 0.1) is 17.6 Å². The van der Waals surface area contributed by atoms with Crippen molar-refractivity contribution >= 4 is 10.9 Å². The Labute approximate surface area is 214 Å². The van der Waals surface area contributed by atoms with E-state index in [1.807, 2.05) is 29.2 Å². The minimum atomic E-state index is -1.66. The number of aliphatic hydroxyl groups is 1. The van der Waals surface area contributed by atoms with Gasteiger partial charge in [-0.05, 0) is 31.9 Å². The smallest absolute Gasteiger partial charge is 0.135 e. The third-order valence-electron chi connectivity index (χ3n) is 7.38. The number of likely N-dealkylation sites (tertiary alicyclic amines) is 1. The zero-order chi connectivity index (χ0) is 26.3. The van der Waals surface area contributed by atoms with Crippen LogP contribution in [0.1, 0.15) is 36.7 Å². The molecule has 1 fully saturated rings. The SMILES string of the molecule is CC(C)(F)CN1[C@@H](CO)Cc2c([nH]c3ccccc23)[C@@H]1c1c(F)cc(OCCN2CC(CF)C2)cc1F. The van der Waals surface area contributed by atoms with E-state index in [4.69, 9.17) is 4.74 Å². The second-order valence-corrected chi connectivity index (χ2v) is 10.8. The van der Waals surface area contributed by atoms with Gasteiger partial charge in [-0.2, -0.15) is 0 Å². The fourth-order valence-electron chi connectivity index (χ4n) is 5.69. The molecule has 0 spiro atoms. The summed E-state index contributed by atoms with van der Waals surface area (Å²) in [7, 11) is 0. The molecule has 200 valence electrons.